The lowest BCUT2D eigenvalue weighted by Gasteiger charge is -2.13. The van der Waals surface area contributed by atoms with E-state index >= 15 is 0 Å². The maximum Gasteiger partial charge on any atom is 0.147 e. The predicted octanol–water partition coefficient (Wildman–Crippen LogP) is 3.15. The second-order valence-electron chi connectivity index (χ2n) is 3.54. The summed E-state index contributed by atoms with van der Waals surface area (Å²) < 4.78 is 18.8. The summed E-state index contributed by atoms with van der Waals surface area (Å²) in [5, 5.41) is 0. The number of furan rings is 1. The average Bonchev–Trinajstić information content (AvgIpc) is 2.69. The van der Waals surface area contributed by atoms with Crippen LogP contribution in [0.1, 0.15) is 0 Å². The lowest BCUT2D eigenvalue weighted by molar-refractivity contribution is 0.580. The zero-order valence-electron chi connectivity index (χ0n) is 8.70. The number of hydrogen-bond donors (Lipinski definition) is 0. The van der Waals surface area contributed by atoms with Gasteiger partial charge in [0.05, 0.1) is 12.0 Å². The highest BCUT2D eigenvalue weighted by atomic mass is 19.1. The van der Waals surface area contributed by atoms with Crippen molar-refractivity contribution in [3.8, 4) is 11.3 Å². The fourth-order valence-electron chi connectivity index (χ4n) is 1.47. The van der Waals surface area contributed by atoms with E-state index in [1.807, 2.05) is 26.2 Å². The molecule has 15 heavy (non-hydrogen) atoms. The van der Waals surface area contributed by atoms with E-state index in [4.69, 9.17) is 4.42 Å². The molecule has 0 aliphatic heterocycles. The molecular formula is C12H12FNO. The van der Waals surface area contributed by atoms with Crippen molar-refractivity contribution in [2.45, 2.75) is 0 Å². The number of hydrogen-bond acceptors (Lipinski definition) is 2. The van der Waals surface area contributed by atoms with Crippen LogP contribution in [0.25, 0.3) is 11.3 Å². The SMILES string of the molecule is CN(C)c1ccc(-c2ccco2)cc1F. The highest BCUT2D eigenvalue weighted by Gasteiger charge is 2.07. The Balaban J connectivity index is 2.42. The van der Waals surface area contributed by atoms with Crippen LogP contribution in [0.4, 0.5) is 10.1 Å². The smallest absolute Gasteiger partial charge is 0.147 e. The van der Waals surface area contributed by atoms with Gasteiger partial charge < -0.3 is 9.32 Å². The van der Waals surface area contributed by atoms with Gasteiger partial charge in [-0.1, -0.05) is 0 Å². The van der Waals surface area contributed by atoms with Gasteiger partial charge in [-0.05, 0) is 30.3 Å². The van der Waals surface area contributed by atoms with Gasteiger partial charge in [-0.15, -0.1) is 0 Å². The van der Waals surface area contributed by atoms with Crippen LogP contribution in [0.2, 0.25) is 0 Å². The lowest BCUT2D eigenvalue weighted by Crippen LogP contribution is -2.10. The van der Waals surface area contributed by atoms with E-state index in [0.29, 0.717) is 11.4 Å². The third-order valence-corrected chi connectivity index (χ3v) is 2.24. The van der Waals surface area contributed by atoms with Gasteiger partial charge >= 0.3 is 0 Å². The maximum absolute atomic E-state index is 13.6. The van der Waals surface area contributed by atoms with Gasteiger partial charge in [0, 0.05) is 19.7 Å². The van der Waals surface area contributed by atoms with E-state index in [1.165, 1.54) is 6.07 Å². The van der Waals surface area contributed by atoms with Crippen molar-refractivity contribution in [1.29, 1.82) is 0 Å². The molecule has 1 aromatic carbocycles. The number of benzene rings is 1. The quantitative estimate of drug-likeness (QED) is 0.748. The minimum atomic E-state index is -0.242. The van der Waals surface area contributed by atoms with Crippen molar-refractivity contribution in [3.05, 3.63) is 42.4 Å². The molecule has 0 radical (unpaired) electrons. The van der Waals surface area contributed by atoms with Gasteiger partial charge in [0.15, 0.2) is 0 Å². The highest BCUT2D eigenvalue weighted by Crippen LogP contribution is 2.25. The fourth-order valence-corrected chi connectivity index (χ4v) is 1.47. The molecule has 2 rings (SSSR count). The summed E-state index contributed by atoms with van der Waals surface area (Å²) in [7, 11) is 3.62. The van der Waals surface area contributed by atoms with Crippen LogP contribution in [-0.4, -0.2) is 14.1 Å². The summed E-state index contributed by atoms with van der Waals surface area (Å²) in [5.41, 5.74) is 1.33. The van der Waals surface area contributed by atoms with E-state index in [1.54, 1.807) is 23.3 Å². The second kappa shape index (κ2) is 3.77. The third kappa shape index (κ3) is 1.86. The number of anilines is 1. The topological polar surface area (TPSA) is 16.4 Å². The Morgan fingerprint density at radius 2 is 2.00 bits per heavy atom. The molecule has 1 aromatic heterocycles. The Morgan fingerprint density at radius 3 is 2.53 bits per heavy atom. The predicted molar refractivity (Wildman–Crippen MR) is 58.4 cm³/mol. The Kier molecular flexibility index (Phi) is 2.46. The van der Waals surface area contributed by atoms with Gasteiger partial charge in [0.1, 0.15) is 11.6 Å². The molecule has 0 spiro atoms. The third-order valence-electron chi connectivity index (χ3n) is 2.24. The fraction of sp³-hybridized carbons (Fsp3) is 0.167. The summed E-state index contributed by atoms with van der Waals surface area (Å²) in [5.74, 6) is 0.438. The Bertz CT molecular complexity index is 449. The van der Waals surface area contributed by atoms with Crippen molar-refractivity contribution in [1.82, 2.24) is 0 Å². The van der Waals surface area contributed by atoms with E-state index in [9.17, 15) is 4.39 Å². The molecule has 0 amide bonds. The molecule has 0 aliphatic carbocycles. The van der Waals surface area contributed by atoms with E-state index in [0.717, 1.165) is 5.56 Å². The molecule has 2 nitrogen and oxygen atoms in total. The minimum absolute atomic E-state index is 0.242. The van der Waals surface area contributed by atoms with Crippen LogP contribution >= 0.6 is 0 Å². The number of halogens is 1. The molecule has 0 aliphatic rings. The van der Waals surface area contributed by atoms with Crippen LogP contribution in [0.3, 0.4) is 0 Å². The van der Waals surface area contributed by atoms with Gasteiger partial charge in [0.2, 0.25) is 0 Å². The van der Waals surface area contributed by atoms with Crippen LogP contribution < -0.4 is 4.90 Å². The molecule has 0 saturated heterocycles. The van der Waals surface area contributed by atoms with Gasteiger partial charge in [0.25, 0.3) is 0 Å². The molecule has 0 unspecified atom stereocenters. The van der Waals surface area contributed by atoms with Crippen molar-refractivity contribution in [3.63, 3.8) is 0 Å². The zero-order valence-corrected chi connectivity index (χ0v) is 8.70. The van der Waals surface area contributed by atoms with E-state index in [-0.39, 0.29) is 5.82 Å². The minimum Gasteiger partial charge on any atom is -0.464 e. The normalized spacial score (nSPS) is 10.3. The van der Waals surface area contributed by atoms with E-state index in [2.05, 4.69) is 0 Å². The van der Waals surface area contributed by atoms with Crippen LogP contribution in [-0.2, 0) is 0 Å². The zero-order chi connectivity index (χ0) is 10.8. The summed E-state index contributed by atoms with van der Waals surface area (Å²) in [6, 6.07) is 8.66. The largest absolute Gasteiger partial charge is 0.464 e. The van der Waals surface area contributed by atoms with Crippen LogP contribution in [0, 0.1) is 5.82 Å². The Hall–Kier alpha value is -1.77. The molecule has 78 valence electrons. The lowest BCUT2D eigenvalue weighted by atomic mass is 10.1. The van der Waals surface area contributed by atoms with Gasteiger partial charge in [-0.25, -0.2) is 4.39 Å². The second-order valence-corrected chi connectivity index (χ2v) is 3.54. The van der Waals surface area contributed by atoms with Gasteiger partial charge in [-0.2, -0.15) is 0 Å². The first-order valence-electron chi connectivity index (χ1n) is 4.69. The molecule has 2 aromatic rings. The molecular weight excluding hydrogens is 193 g/mol. The first-order chi connectivity index (χ1) is 7.18. The first kappa shape index (κ1) is 9.77. The monoisotopic (exact) mass is 205 g/mol. The Labute approximate surface area is 87.9 Å². The number of rotatable bonds is 2. The van der Waals surface area contributed by atoms with Crippen molar-refractivity contribution in [2.75, 3.05) is 19.0 Å². The summed E-state index contributed by atoms with van der Waals surface area (Å²) in [6.07, 6.45) is 1.58. The molecule has 0 bridgehead atoms. The summed E-state index contributed by atoms with van der Waals surface area (Å²) >= 11 is 0. The van der Waals surface area contributed by atoms with Crippen molar-refractivity contribution in [2.24, 2.45) is 0 Å². The average molecular weight is 205 g/mol. The summed E-state index contributed by atoms with van der Waals surface area (Å²) in [4.78, 5) is 1.74. The molecule has 0 N–H and O–H groups in total. The van der Waals surface area contributed by atoms with Crippen LogP contribution in [0.15, 0.2) is 41.0 Å². The molecule has 0 saturated carbocycles. The van der Waals surface area contributed by atoms with Gasteiger partial charge in [-0.3, -0.25) is 0 Å². The first-order valence-corrected chi connectivity index (χ1v) is 4.69. The maximum atomic E-state index is 13.6. The van der Waals surface area contributed by atoms with Crippen molar-refractivity contribution < 1.29 is 8.81 Å². The molecule has 0 fully saturated rings. The molecule has 0 atom stereocenters. The number of nitrogens with zero attached hydrogens (tertiary/aromatic N) is 1. The Morgan fingerprint density at radius 1 is 1.20 bits per heavy atom. The molecule has 1 heterocycles. The highest BCUT2D eigenvalue weighted by molar-refractivity contribution is 5.62. The van der Waals surface area contributed by atoms with E-state index < -0.39 is 0 Å². The summed E-state index contributed by atoms with van der Waals surface area (Å²) in [6.45, 7) is 0. The standard InChI is InChI=1S/C12H12FNO/c1-14(2)11-6-5-9(8-10(11)13)12-4-3-7-15-12/h3-8H,1-2H3. The van der Waals surface area contributed by atoms with Crippen molar-refractivity contribution >= 4 is 5.69 Å². The molecule has 3 heteroatoms. The van der Waals surface area contributed by atoms with Crippen LogP contribution in [0.5, 0.6) is 0 Å².